The van der Waals surface area contributed by atoms with Crippen molar-refractivity contribution in [2.75, 3.05) is 6.54 Å². The Morgan fingerprint density at radius 3 is 2.49 bits per heavy atom. The Morgan fingerprint density at radius 2 is 1.84 bits per heavy atom. The summed E-state index contributed by atoms with van der Waals surface area (Å²) < 4.78 is 11.8. The Kier molecular flexibility index (Phi) is 8.36. The fraction of sp³-hybridized carbons (Fsp3) is 0.531. The lowest BCUT2D eigenvalue weighted by Crippen LogP contribution is -2.59. The molecule has 3 aliphatic rings. The summed E-state index contributed by atoms with van der Waals surface area (Å²) in [6.07, 6.45) is 3.94. The molecule has 1 saturated heterocycles. The Bertz CT molecular complexity index is 1420. The number of amides is 3. The number of hydrogen-bond acceptors (Lipinski definition) is 7. The third-order valence-corrected chi connectivity index (χ3v) is 8.69. The van der Waals surface area contributed by atoms with Crippen molar-refractivity contribution in [1.29, 1.82) is 0 Å². The van der Waals surface area contributed by atoms with Gasteiger partial charge in [-0.1, -0.05) is 45.0 Å². The molecule has 0 radical (unpaired) electrons. The van der Waals surface area contributed by atoms with Crippen molar-refractivity contribution < 1.29 is 33.8 Å². The van der Waals surface area contributed by atoms with Crippen LogP contribution in [0.4, 0.5) is 4.79 Å². The molecular weight excluding hydrogens is 552 g/mol. The smallest absolute Gasteiger partial charge is 0.408 e. The maximum atomic E-state index is 14.2. The fourth-order valence-electron chi connectivity index (χ4n) is 6.10. The number of carbonyl (C=O) groups excluding carboxylic acids is 3. The van der Waals surface area contributed by atoms with E-state index in [-0.39, 0.29) is 25.5 Å². The molecule has 1 aromatic carbocycles. The van der Waals surface area contributed by atoms with Gasteiger partial charge in [0.2, 0.25) is 17.7 Å². The molecule has 230 valence electrons. The van der Waals surface area contributed by atoms with E-state index in [9.17, 15) is 24.3 Å². The fourth-order valence-corrected chi connectivity index (χ4v) is 6.10. The lowest BCUT2D eigenvalue weighted by atomic mass is 9.85. The van der Waals surface area contributed by atoms with Gasteiger partial charge in [-0.3, -0.25) is 9.59 Å². The Morgan fingerprint density at radius 1 is 1.12 bits per heavy atom. The van der Waals surface area contributed by atoms with Crippen molar-refractivity contribution in [3.63, 3.8) is 0 Å². The molecule has 1 aliphatic heterocycles. The molecule has 2 saturated carbocycles. The number of pyridine rings is 1. The number of carboxylic acid groups (broad SMARTS) is 1. The molecule has 2 heterocycles. The van der Waals surface area contributed by atoms with Crippen LogP contribution in [0, 0.1) is 11.3 Å². The summed E-state index contributed by atoms with van der Waals surface area (Å²) in [6, 6.07) is 9.17. The van der Waals surface area contributed by atoms with Crippen molar-refractivity contribution in [1.82, 2.24) is 20.5 Å². The normalized spacial score (nSPS) is 26.0. The monoisotopic (exact) mass is 592 g/mol. The van der Waals surface area contributed by atoms with Crippen molar-refractivity contribution in [2.45, 2.75) is 89.1 Å². The zero-order valence-corrected chi connectivity index (χ0v) is 24.9. The van der Waals surface area contributed by atoms with E-state index in [1.165, 1.54) is 11.0 Å². The van der Waals surface area contributed by atoms with E-state index in [0.29, 0.717) is 5.88 Å². The van der Waals surface area contributed by atoms with Gasteiger partial charge in [-0.2, -0.15) is 0 Å². The van der Waals surface area contributed by atoms with Crippen LogP contribution >= 0.6 is 0 Å². The highest BCUT2D eigenvalue weighted by Crippen LogP contribution is 2.45. The molecule has 5 rings (SSSR count). The van der Waals surface area contributed by atoms with E-state index in [0.717, 1.165) is 36.6 Å². The number of aliphatic carboxylic acids is 1. The summed E-state index contributed by atoms with van der Waals surface area (Å²) in [5, 5.41) is 16.3. The number of alkyl carbamates (subject to hydrolysis) is 1. The average Bonchev–Trinajstić information content (AvgIpc) is 3.23. The number of hydrogen-bond donors (Lipinski definition) is 3. The lowest BCUT2D eigenvalue weighted by Gasteiger charge is -2.35. The van der Waals surface area contributed by atoms with Gasteiger partial charge in [-0.05, 0) is 49.7 Å². The number of benzene rings is 1. The van der Waals surface area contributed by atoms with E-state index in [1.54, 1.807) is 6.07 Å². The second-order valence-corrected chi connectivity index (χ2v) is 12.9. The molecule has 3 fully saturated rings. The number of likely N-dealkylation sites (tertiary alicyclic amines) is 1. The Hall–Kier alpha value is -4.15. The summed E-state index contributed by atoms with van der Waals surface area (Å²) in [5.41, 5.74) is -1.44. The van der Waals surface area contributed by atoms with Crippen LogP contribution in [0.25, 0.3) is 10.9 Å². The Labute approximate surface area is 251 Å². The molecule has 3 N–H and O–H groups in total. The first-order valence-electron chi connectivity index (χ1n) is 14.9. The van der Waals surface area contributed by atoms with E-state index in [4.69, 9.17) is 9.47 Å². The van der Waals surface area contributed by atoms with Crippen LogP contribution in [0.1, 0.15) is 59.3 Å². The molecule has 0 spiro atoms. The van der Waals surface area contributed by atoms with Gasteiger partial charge in [0.15, 0.2) is 0 Å². The van der Waals surface area contributed by atoms with Gasteiger partial charge in [0.25, 0.3) is 0 Å². The second kappa shape index (κ2) is 11.9. The van der Waals surface area contributed by atoms with E-state index in [2.05, 4.69) is 22.2 Å². The molecule has 11 heteroatoms. The molecule has 11 nitrogen and oxygen atoms in total. The van der Waals surface area contributed by atoms with E-state index >= 15 is 0 Å². The van der Waals surface area contributed by atoms with Crippen LogP contribution in [0.2, 0.25) is 0 Å². The third kappa shape index (κ3) is 6.45. The summed E-state index contributed by atoms with van der Waals surface area (Å²) in [7, 11) is 0. The molecule has 5 unspecified atom stereocenters. The SMILES string of the molecule is C=CC1CC1(NC(=O)C1CC(Oc2ccc3ccccc3n2)CN1C(=O)C(NC(=O)OC1CCCC1)C(C)(C)C)C(=O)O. The molecule has 43 heavy (non-hydrogen) atoms. The van der Waals surface area contributed by atoms with Gasteiger partial charge in [0.05, 0.1) is 12.1 Å². The maximum absolute atomic E-state index is 14.2. The maximum Gasteiger partial charge on any atom is 0.408 e. The minimum absolute atomic E-state index is 0.0440. The minimum atomic E-state index is -1.46. The Balaban J connectivity index is 1.38. The molecule has 0 bridgehead atoms. The largest absolute Gasteiger partial charge is 0.479 e. The van der Waals surface area contributed by atoms with Crippen LogP contribution in [0.3, 0.4) is 0 Å². The van der Waals surface area contributed by atoms with Gasteiger partial charge in [-0.15, -0.1) is 6.58 Å². The number of carboxylic acids is 1. The number of nitrogens with one attached hydrogen (secondary N) is 2. The topological polar surface area (TPSA) is 147 Å². The van der Waals surface area contributed by atoms with Crippen molar-refractivity contribution in [3.8, 4) is 5.88 Å². The highest BCUT2D eigenvalue weighted by molar-refractivity contribution is 5.96. The van der Waals surface area contributed by atoms with Crippen LogP contribution in [-0.2, 0) is 19.1 Å². The molecule has 5 atom stereocenters. The summed E-state index contributed by atoms with van der Waals surface area (Å²) in [6.45, 7) is 9.19. The first kappa shape index (κ1) is 30.3. The quantitative estimate of drug-likeness (QED) is 0.373. The first-order chi connectivity index (χ1) is 20.4. The van der Waals surface area contributed by atoms with Gasteiger partial charge >= 0.3 is 12.1 Å². The molecule has 1 aromatic heterocycles. The first-order valence-corrected chi connectivity index (χ1v) is 14.9. The van der Waals surface area contributed by atoms with Gasteiger partial charge in [-0.25, -0.2) is 14.6 Å². The zero-order valence-electron chi connectivity index (χ0n) is 24.9. The molecule has 2 aromatic rings. The predicted molar refractivity (Wildman–Crippen MR) is 158 cm³/mol. The molecule has 2 aliphatic carbocycles. The second-order valence-electron chi connectivity index (χ2n) is 12.9. The zero-order chi connectivity index (χ0) is 30.9. The van der Waals surface area contributed by atoms with Gasteiger partial charge < -0.3 is 30.1 Å². The number of nitrogens with zero attached hydrogens (tertiary/aromatic N) is 2. The van der Waals surface area contributed by atoms with Gasteiger partial charge in [0.1, 0.15) is 29.8 Å². The number of ether oxygens (including phenoxy) is 2. The van der Waals surface area contributed by atoms with E-state index < -0.39 is 58.9 Å². The number of aromatic nitrogens is 1. The predicted octanol–water partition coefficient (Wildman–Crippen LogP) is 3.81. The van der Waals surface area contributed by atoms with Crippen molar-refractivity contribution in [3.05, 3.63) is 49.1 Å². The van der Waals surface area contributed by atoms with Crippen LogP contribution < -0.4 is 15.4 Å². The molecule has 3 amide bonds. The standard InChI is InChI=1S/C32H40N4O7/c1-5-20-17-32(20,29(39)40)35-27(37)24-16-22(42-25-15-14-19-10-6-9-13-23(19)33-25)18-36(24)28(38)26(31(2,3)4)34-30(41)43-21-11-7-8-12-21/h5-6,9-10,13-15,20-22,24,26H,1,7-8,11-12,16-18H2,2-4H3,(H,34,41)(H,35,37)(H,39,40). The average molecular weight is 593 g/mol. The van der Waals surface area contributed by atoms with Crippen LogP contribution in [-0.4, -0.2) is 75.2 Å². The van der Waals surface area contributed by atoms with Crippen LogP contribution in [0.15, 0.2) is 49.1 Å². The lowest BCUT2D eigenvalue weighted by molar-refractivity contribution is -0.146. The highest BCUT2D eigenvalue weighted by Gasteiger charge is 2.61. The third-order valence-electron chi connectivity index (χ3n) is 8.69. The minimum Gasteiger partial charge on any atom is -0.479 e. The van der Waals surface area contributed by atoms with Crippen molar-refractivity contribution >= 4 is 34.8 Å². The summed E-state index contributed by atoms with van der Waals surface area (Å²) >= 11 is 0. The number of carbonyl (C=O) groups is 4. The number of rotatable bonds is 9. The number of para-hydroxylation sites is 1. The van der Waals surface area contributed by atoms with Crippen molar-refractivity contribution in [2.24, 2.45) is 11.3 Å². The van der Waals surface area contributed by atoms with Crippen LogP contribution in [0.5, 0.6) is 5.88 Å². The molecular formula is C32H40N4O7. The summed E-state index contributed by atoms with van der Waals surface area (Å²) in [5.74, 6) is -2.30. The number of fused-ring (bicyclic) bond motifs is 1. The van der Waals surface area contributed by atoms with Gasteiger partial charge in [0, 0.05) is 23.8 Å². The highest BCUT2D eigenvalue weighted by atomic mass is 16.6. The summed E-state index contributed by atoms with van der Waals surface area (Å²) in [4.78, 5) is 58.8. The van der Waals surface area contributed by atoms with E-state index in [1.807, 2.05) is 51.1 Å².